The molecule has 16 heavy (non-hydrogen) atoms. The third-order valence-electron chi connectivity index (χ3n) is 3.15. The molecule has 1 aromatic heterocycles. The summed E-state index contributed by atoms with van der Waals surface area (Å²) in [7, 11) is 0. The highest BCUT2D eigenvalue weighted by Gasteiger charge is 2.22. The number of hydrogen-bond donors (Lipinski definition) is 1. The molecule has 1 aromatic rings. The minimum absolute atomic E-state index is 0.838. The number of nitrogens with one attached hydrogen (secondary N) is 1. The van der Waals surface area contributed by atoms with Gasteiger partial charge in [-0.05, 0) is 19.5 Å². The van der Waals surface area contributed by atoms with Crippen molar-refractivity contribution >= 4 is 0 Å². The van der Waals surface area contributed by atoms with E-state index in [1.165, 1.54) is 5.56 Å². The maximum Gasteiger partial charge on any atom is 0.142 e. The van der Waals surface area contributed by atoms with Crippen LogP contribution in [-0.4, -0.2) is 29.7 Å². The summed E-state index contributed by atoms with van der Waals surface area (Å²) in [5.41, 5.74) is 2.42. The summed E-state index contributed by atoms with van der Waals surface area (Å²) in [4.78, 5) is 2.43. The van der Waals surface area contributed by atoms with Crippen LogP contribution in [0.15, 0.2) is 4.52 Å². The van der Waals surface area contributed by atoms with Gasteiger partial charge in [0.1, 0.15) is 11.5 Å². The van der Waals surface area contributed by atoms with Gasteiger partial charge < -0.3 is 9.84 Å². The topological polar surface area (TPSA) is 41.3 Å². The summed E-state index contributed by atoms with van der Waals surface area (Å²) in [5.74, 6) is 1.10. The monoisotopic (exact) mass is 223 g/mol. The Morgan fingerprint density at radius 3 is 3.06 bits per heavy atom. The van der Waals surface area contributed by atoms with Gasteiger partial charge in [-0.2, -0.15) is 0 Å². The Hall–Kier alpha value is -0.870. The molecule has 4 heteroatoms. The van der Waals surface area contributed by atoms with Crippen LogP contribution in [0.1, 0.15) is 37.3 Å². The largest absolute Gasteiger partial charge is 0.361 e. The lowest BCUT2D eigenvalue weighted by Crippen LogP contribution is -2.30. The highest BCUT2D eigenvalue weighted by atomic mass is 16.5. The molecule has 90 valence electrons. The molecule has 4 nitrogen and oxygen atoms in total. The van der Waals surface area contributed by atoms with Gasteiger partial charge >= 0.3 is 0 Å². The number of aromatic nitrogens is 1. The van der Waals surface area contributed by atoms with Crippen LogP contribution in [0.4, 0.5) is 0 Å². The zero-order chi connectivity index (χ0) is 11.4. The lowest BCUT2D eigenvalue weighted by molar-refractivity contribution is 0.247. The van der Waals surface area contributed by atoms with Crippen LogP contribution in [0.3, 0.4) is 0 Å². The Balaban J connectivity index is 2.01. The second-order valence-electron chi connectivity index (χ2n) is 4.33. The van der Waals surface area contributed by atoms with Crippen molar-refractivity contribution in [1.82, 2.24) is 15.4 Å². The molecule has 1 aliphatic heterocycles. The smallest absolute Gasteiger partial charge is 0.142 e. The first-order chi connectivity index (χ1) is 7.85. The minimum atomic E-state index is 0.838. The summed E-state index contributed by atoms with van der Waals surface area (Å²) < 4.78 is 5.39. The zero-order valence-corrected chi connectivity index (χ0v) is 10.3. The molecule has 2 heterocycles. The summed E-state index contributed by atoms with van der Waals surface area (Å²) in [6, 6.07) is 0. The van der Waals surface area contributed by atoms with Gasteiger partial charge in [0.15, 0.2) is 0 Å². The van der Waals surface area contributed by atoms with Gasteiger partial charge in [-0.15, -0.1) is 0 Å². The normalized spacial score (nSPS) is 16.4. The van der Waals surface area contributed by atoms with E-state index in [0.717, 1.165) is 57.0 Å². The lowest BCUT2D eigenvalue weighted by Gasteiger charge is -2.24. The van der Waals surface area contributed by atoms with E-state index in [9.17, 15) is 0 Å². The first-order valence-electron chi connectivity index (χ1n) is 6.24. The molecule has 0 spiro atoms. The molecule has 0 fully saturated rings. The van der Waals surface area contributed by atoms with Gasteiger partial charge in [-0.1, -0.05) is 19.0 Å². The second kappa shape index (κ2) is 5.46. The SMILES string of the molecule is CCCNCc1noc2c1CN(CC)CC2. The molecular weight excluding hydrogens is 202 g/mol. The molecule has 1 aliphatic rings. The molecule has 0 saturated carbocycles. The van der Waals surface area contributed by atoms with Gasteiger partial charge in [0.05, 0.1) is 0 Å². The van der Waals surface area contributed by atoms with Crippen LogP contribution in [-0.2, 0) is 19.5 Å². The quantitative estimate of drug-likeness (QED) is 0.769. The first-order valence-corrected chi connectivity index (χ1v) is 6.24. The lowest BCUT2D eigenvalue weighted by atomic mass is 10.1. The van der Waals surface area contributed by atoms with Crippen LogP contribution in [0, 0.1) is 0 Å². The van der Waals surface area contributed by atoms with E-state index < -0.39 is 0 Å². The summed E-state index contributed by atoms with van der Waals surface area (Å²) in [5, 5.41) is 7.55. The number of fused-ring (bicyclic) bond motifs is 1. The van der Waals surface area contributed by atoms with Crippen LogP contribution in [0.2, 0.25) is 0 Å². The van der Waals surface area contributed by atoms with E-state index in [-0.39, 0.29) is 0 Å². The molecule has 0 unspecified atom stereocenters. The van der Waals surface area contributed by atoms with E-state index in [1.807, 2.05) is 0 Å². The van der Waals surface area contributed by atoms with Crippen LogP contribution >= 0.6 is 0 Å². The summed E-state index contributed by atoms with van der Waals surface area (Å²) in [6.45, 7) is 9.45. The Kier molecular flexibility index (Phi) is 3.96. The fourth-order valence-electron chi connectivity index (χ4n) is 2.11. The summed E-state index contributed by atoms with van der Waals surface area (Å²) >= 11 is 0. The molecule has 1 N–H and O–H groups in total. The van der Waals surface area contributed by atoms with Crippen LogP contribution in [0.25, 0.3) is 0 Å². The molecule has 0 saturated heterocycles. The fraction of sp³-hybridized carbons (Fsp3) is 0.750. The van der Waals surface area contributed by atoms with Crippen LogP contribution in [0.5, 0.6) is 0 Å². The van der Waals surface area contributed by atoms with Crippen molar-refractivity contribution in [1.29, 1.82) is 0 Å². The van der Waals surface area contributed by atoms with E-state index in [2.05, 4.69) is 29.2 Å². The number of rotatable bonds is 5. The van der Waals surface area contributed by atoms with Crippen molar-refractivity contribution in [3.8, 4) is 0 Å². The average molecular weight is 223 g/mol. The average Bonchev–Trinajstić information content (AvgIpc) is 2.72. The Morgan fingerprint density at radius 1 is 1.44 bits per heavy atom. The number of nitrogens with zero attached hydrogens (tertiary/aromatic N) is 2. The third kappa shape index (κ3) is 2.44. The maximum atomic E-state index is 5.39. The number of likely N-dealkylation sites (N-methyl/N-ethyl adjacent to an activating group) is 1. The first kappa shape index (κ1) is 11.6. The minimum Gasteiger partial charge on any atom is -0.361 e. The standard InChI is InChI=1S/C12H21N3O/c1-3-6-13-8-11-10-9-15(4-2)7-5-12(10)16-14-11/h13H,3-9H2,1-2H3. The molecule has 0 atom stereocenters. The maximum absolute atomic E-state index is 5.39. The predicted octanol–water partition coefficient (Wildman–Crippen LogP) is 1.55. The van der Waals surface area contributed by atoms with Crippen molar-refractivity contribution < 1.29 is 4.52 Å². The van der Waals surface area contributed by atoms with E-state index in [0.29, 0.717) is 0 Å². The van der Waals surface area contributed by atoms with Crippen molar-refractivity contribution in [2.45, 2.75) is 39.8 Å². The van der Waals surface area contributed by atoms with Crippen LogP contribution < -0.4 is 5.32 Å². The van der Waals surface area contributed by atoms with Crippen molar-refractivity contribution in [3.05, 3.63) is 17.0 Å². The van der Waals surface area contributed by atoms with E-state index >= 15 is 0 Å². The van der Waals surface area contributed by atoms with Crippen molar-refractivity contribution in [2.75, 3.05) is 19.6 Å². The Morgan fingerprint density at radius 2 is 2.31 bits per heavy atom. The predicted molar refractivity (Wildman–Crippen MR) is 63.2 cm³/mol. The van der Waals surface area contributed by atoms with Gasteiger partial charge in [0, 0.05) is 31.6 Å². The Labute approximate surface area is 97.0 Å². The molecule has 0 aromatic carbocycles. The highest BCUT2D eigenvalue weighted by molar-refractivity contribution is 5.25. The Bertz CT molecular complexity index is 335. The molecule has 0 amide bonds. The van der Waals surface area contributed by atoms with Crippen molar-refractivity contribution in [2.24, 2.45) is 0 Å². The van der Waals surface area contributed by atoms with Crippen molar-refractivity contribution in [3.63, 3.8) is 0 Å². The van der Waals surface area contributed by atoms with Gasteiger partial charge in [-0.25, -0.2) is 0 Å². The summed E-state index contributed by atoms with van der Waals surface area (Å²) in [6.07, 6.45) is 2.16. The molecule has 0 aliphatic carbocycles. The zero-order valence-electron chi connectivity index (χ0n) is 10.3. The second-order valence-corrected chi connectivity index (χ2v) is 4.33. The highest BCUT2D eigenvalue weighted by Crippen LogP contribution is 2.21. The molecular formula is C12H21N3O. The molecule has 0 bridgehead atoms. The van der Waals surface area contributed by atoms with Gasteiger partial charge in [0.25, 0.3) is 0 Å². The molecule has 0 radical (unpaired) electrons. The fourth-order valence-corrected chi connectivity index (χ4v) is 2.11. The van der Waals surface area contributed by atoms with E-state index in [4.69, 9.17) is 4.52 Å². The van der Waals surface area contributed by atoms with Gasteiger partial charge in [0.2, 0.25) is 0 Å². The van der Waals surface area contributed by atoms with Gasteiger partial charge in [-0.3, -0.25) is 4.90 Å². The number of hydrogen-bond acceptors (Lipinski definition) is 4. The molecule has 2 rings (SSSR count). The third-order valence-corrected chi connectivity index (χ3v) is 3.15. The van der Waals surface area contributed by atoms with E-state index in [1.54, 1.807) is 0 Å².